The summed E-state index contributed by atoms with van der Waals surface area (Å²) < 4.78 is 7.08. The smallest absolute Gasteiger partial charge is 0.266 e. The monoisotopic (exact) mass is 370 g/mol. The molecular weight excluding hydrogens is 352 g/mol. The Morgan fingerprint density at radius 3 is 2.81 bits per heavy atom. The summed E-state index contributed by atoms with van der Waals surface area (Å²) in [6.07, 6.45) is 0. The van der Waals surface area contributed by atoms with Gasteiger partial charge in [-0.2, -0.15) is 0 Å². The number of amides is 1. The van der Waals surface area contributed by atoms with Crippen molar-refractivity contribution in [3.05, 3.63) is 27.5 Å². The van der Waals surface area contributed by atoms with E-state index in [2.05, 4.69) is 15.9 Å². The topological polar surface area (TPSA) is 55.6 Å². The quantitative estimate of drug-likeness (QED) is 0.871. The number of fused-ring (bicyclic) bond motifs is 1. The third kappa shape index (κ3) is 3.39. The van der Waals surface area contributed by atoms with Gasteiger partial charge in [0.1, 0.15) is 4.88 Å². The zero-order chi connectivity index (χ0) is 15.6. The maximum atomic E-state index is 12.8. The molecule has 0 aliphatic rings. The highest BCUT2D eigenvalue weighted by Crippen LogP contribution is 2.36. The normalized spacial score (nSPS) is 11.3. The molecule has 2 rings (SSSR count). The van der Waals surface area contributed by atoms with Crippen LogP contribution >= 0.6 is 27.3 Å². The summed E-state index contributed by atoms with van der Waals surface area (Å²) in [5.41, 5.74) is 6.74. The van der Waals surface area contributed by atoms with Gasteiger partial charge < -0.3 is 15.4 Å². The van der Waals surface area contributed by atoms with Gasteiger partial charge in [0.05, 0.1) is 12.3 Å². The van der Waals surface area contributed by atoms with Gasteiger partial charge in [0.15, 0.2) is 0 Å². The minimum atomic E-state index is -0.0307. The van der Waals surface area contributed by atoms with Gasteiger partial charge in [-0.05, 0) is 26.0 Å². The first-order valence-electron chi connectivity index (χ1n) is 6.73. The number of thiophene rings is 1. The van der Waals surface area contributed by atoms with Crippen LogP contribution in [0.3, 0.4) is 0 Å². The average molecular weight is 371 g/mol. The number of carbonyl (C=O) groups excluding carboxylic acids is 1. The molecule has 4 nitrogen and oxygen atoms in total. The molecule has 0 saturated carbocycles. The Labute approximate surface area is 137 Å². The van der Waals surface area contributed by atoms with Crippen LogP contribution in [0, 0.1) is 0 Å². The fraction of sp³-hybridized carbons (Fsp3) is 0.400. The summed E-state index contributed by atoms with van der Waals surface area (Å²) >= 11 is 4.88. The average Bonchev–Trinajstić information content (AvgIpc) is 2.75. The van der Waals surface area contributed by atoms with Crippen molar-refractivity contribution in [1.82, 2.24) is 4.90 Å². The van der Waals surface area contributed by atoms with E-state index in [1.54, 1.807) is 12.0 Å². The zero-order valence-corrected chi connectivity index (χ0v) is 14.8. The first-order chi connectivity index (χ1) is 9.95. The van der Waals surface area contributed by atoms with Gasteiger partial charge in [0, 0.05) is 34.3 Å². The predicted octanol–water partition coefficient (Wildman–Crippen LogP) is 3.74. The van der Waals surface area contributed by atoms with E-state index in [1.807, 2.05) is 32.0 Å². The van der Waals surface area contributed by atoms with Crippen LogP contribution in [0.4, 0.5) is 5.69 Å². The van der Waals surface area contributed by atoms with E-state index >= 15 is 0 Å². The number of nitrogen functional groups attached to an aromatic ring is 1. The molecule has 0 aliphatic heterocycles. The fourth-order valence-electron chi connectivity index (χ4n) is 2.16. The van der Waals surface area contributed by atoms with Gasteiger partial charge >= 0.3 is 0 Å². The standard InChI is InChI=1S/C15H19BrN2O2S/c1-9(2)18(6-7-20-3)15(19)14-13(17)11-5-4-10(16)8-12(11)21-14/h4-5,8-9H,6-7,17H2,1-3H3. The third-order valence-electron chi connectivity index (χ3n) is 3.31. The first kappa shape index (κ1) is 16.3. The van der Waals surface area contributed by atoms with Crippen LogP contribution in [0.5, 0.6) is 0 Å². The minimum Gasteiger partial charge on any atom is -0.397 e. The van der Waals surface area contributed by atoms with Crippen molar-refractivity contribution in [2.24, 2.45) is 0 Å². The van der Waals surface area contributed by atoms with Crippen molar-refractivity contribution in [2.75, 3.05) is 26.0 Å². The number of hydrogen-bond donors (Lipinski definition) is 1. The molecule has 2 aromatic rings. The van der Waals surface area contributed by atoms with Gasteiger partial charge in [-0.25, -0.2) is 0 Å². The van der Waals surface area contributed by atoms with Crippen molar-refractivity contribution >= 4 is 48.9 Å². The Hall–Kier alpha value is -1.11. The number of halogens is 1. The Morgan fingerprint density at radius 2 is 2.19 bits per heavy atom. The van der Waals surface area contributed by atoms with E-state index in [0.29, 0.717) is 23.7 Å². The van der Waals surface area contributed by atoms with Crippen molar-refractivity contribution in [3.8, 4) is 0 Å². The van der Waals surface area contributed by atoms with Crippen LogP contribution < -0.4 is 5.73 Å². The van der Waals surface area contributed by atoms with E-state index in [4.69, 9.17) is 10.5 Å². The molecule has 0 atom stereocenters. The summed E-state index contributed by atoms with van der Waals surface area (Å²) in [7, 11) is 1.63. The minimum absolute atomic E-state index is 0.0307. The molecule has 0 unspecified atom stereocenters. The second kappa shape index (κ2) is 6.77. The third-order valence-corrected chi connectivity index (χ3v) is 4.95. The summed E-state index contributed by atoms with van der Waals surface area (Å²) in [5, 5.41) is 0.932. The van der Waals surface area contributed by atoms with E-state index in [0.717, 1.165) is 14.6 Å². The van der Waals surface area contributed by atoms with Crippen molar-refractivity contribution in [3.63, 3.8) is 0 Å². The van der Waals surface area contributed by atoms with Crippen LogP contribution in [0.2, 0.25) is 0 Å². The van der Waals surface area contributed by atoms with Gasteiger partial charge in [-0.15, -0.1) is 11.3 Å². The summed E-state index contributed by atoms with van der Waals surface area (Å²) in [6, 6.07) is 5.97. The molecule has 6 heteroatoms. The Morgan fingerprint density at radius 1 is 1.48 bits per heavy atom. The van der Waals surface area contributed by atoms with Crippen LogP contribution in [0.15, 0.2) is 22.7 Å². The highest BCUT2D eigenvalue weighted by molar-refractivity contribution is 9.10. The van der Waals surface area contributed by atoms with E-state index in [-0.39, 0.29) is 11.9 Å². The molecule has 0 radical (unpaired) electrons. The highest BCUT2D eigenvalue weighted by Gasteiger charge is 2.23. The summed E-state index contributed by atoms with van der Waals surface area (Å²) in [4.78, 5) is 15.2. The molecule has 0 fully saturated rings. The Kier molecular flexibility index (Phi) is 5.24. The van der Waals surface area contributed by atoms with Crippen LogP contribution in [0.25, 0.3) is 10.1 Å². The number of methoxy groups -OCH3 is 1. The second-order valence-electron chi connectivity index (χ2n) is 5.07. The number of benzene rings is 1. The Bertz CT molecular complexity index is 654. The van der Waals surface area contributed by atoms with Crippen LogP contribution in [0.1, 0.15) is 23.5 Å². The number of rotatable bonds is 5. The lowest BCUT2D eigenvalue weighted by molar-refractivity contribution is 0.0641. The molecule has 1 heterocycles. The molecule has 0 bridgehead atoms. The Balaban J connectivity index is 2.39. The molecule has 0 spiro atoms. The maximum Gasteiger partial charge on any atom is 0.266 e. The predicted molar refractivity (Wildman–Crippen MR) is 92.0 cm³/mol. The molecule has 21 heavy (non-hydrogen) atoms. The van der Waals surface area contributed by atoms with E-state index in [1.165, 1.54) is 11.3 Å². The molecule has 1 aromatic heterocycles. The lowest BCUT2D eigenvalue weighted by atomic mass is 10.2. The van der Waals surface area contributed by atoms with Crippen molar-refractivity contribution in [2.45, 2.75) is 19.9 Å². The number of anilines is 1. The van der Waals surface area contributed by atoms with Gasteiger partial charge in [-0.1, -0.05) is 22.0 Å². The largest absolute Gasteiger partial charge is 0.397 e. The lowest BCUT2D eigenvalue weighted by Crippen LogP contribution is -2.39. The lowest BCUT2D eigenvalue weighted by Gasteiger charge is -2.26. The number of hydrogen-bond acceptors (Lipinski definition) is 4. The fourth-order valence-corrected chi connectivity index (χ4v) is 3.79. The number of ether oxygens (including phenoxy) is 1. The highest BCUT2D eigenvalue weighted by atomic mass is 79.9. The van der Waals surface area contributed by atoms with Crippen molar-refractivity contribution in [1.29, 1.82) is 0 Å². The molecule has 0 saturated heterocycles. The van der Waals surface area contributed by atoms with Crippen LogP contribution in [-0.4, -0.2) is 37.1 Å². The summed E-state index contributed by atoms with van der Waals surface area (Å²) in [5.74, 6) is -0.0307. The maximum absolute atomic E-state index is 12.8. The second-order valence-corrected chi connectivity index (χ2v) is 7.04. The zero-order valence-electron chi connectivity index (χ0n) is 12.4. The SMILES string of the molecule is COCCN(C(=O)c1sc2cc(Br)ccc2c1N)C(C)C. The number of carbonyl (C=O) groups is 1. The molecule has 114 valence electrons. The summed E-state index contributed by atoms with van der Waals surface area (Å²) in [6.45, 7) is 5.06. The van der Waals surface area contributed by atoms with Gasteiger partial charge in [0.2, 0.25) is 0 Å². The van der Waals surface area contributed by atoms with Gasteiger partial charge in [-0.3, -0.25) is 4.79 Å². The molecule has 2 N–H and O–H groups in total. The number of nitrogens with two attached hydrogens (primary N) is 1. The number of nitrogens with zero attached hydrogens (tertiary/aromatic N) is 1. The molecule has 0 aliphatic carbocycles. The van der Waals surface area contributed by atoms with Crippen LogP contribution in [-0.2, 0) is 4.74 Å². The molecule has 1 aromatic carbocycles. The first-order valence-corrected chi connectivity index (χ1v) is 8.34. The van der Waals surface area contributed by atoms with Gasteiger partial charge in [0.25, 0.3) is 5.91 Å². The van der Waals surface area contributed by atoms with E-state index in [9.17, 15) is 4.79 Å². The van der Waals surface area contributed by atoms with Crippen molar-refractivity contribution < 1.29 is 9.53 Å². The van der Waals surface area contributed by atoms with E-state index < -0.39 is 0 Å². The molecule has 1 amide bonds. The molecular formula is C15H19BrN2O2S.